The van der Waals surface area contributed by atoms with Crippen LogP contribution in [0.3, 0.4) is 0 Å². The van der Waals surface area contributed by atoms with Crippen LogP contribution in [0.5, 0.6) is 0 Å². The molecular formula is C14H19N3O2. The number of benzene rings is 1. The molecule has 0 bridgehead atoms. The number of likely N-dealkylation sites (N-methyl/N-ethyl adjacent to an activating group) is 1. The second-order valence-corrected chi connectivity index (χ2v) is 5.11. The van der Waals surface area contributed by atoms with E-state index in [1.54, 1.807) is 0 Å². The summed E-state index contributed by atoms with van der Waals surface area (Å²) in [6.45, 7) is 3.25. The summed E-state index contributed by atoms with van der Waals surface area (Å²) in [5.74, 6) is -0.681. The lowest BCUT2D eigenvalue weighted by Gasteiger charge is -2.37. The van der Waals surface area contributed by atoms with E-state index in [4.69, 9.17) is 9.47 Å². The smallest absolute Gasteiger partial charge is 0.192 e. The molecule has 19 heavy (non-hydrogen) atoms. The molecule has 5 nitrogen and oxygen atoms in total. The van der Waals surface area contributed by atoms with Crippen molar-refractivity contribution < 1.29 is 9.47 Å². The zero-order valence-corrected chi connectivity index (χ0v) is 11.5. The maximum Gasteiger partial charge on any atom is 0.192 e. The van der Waals surface area contributed by atoms with E-state index >= 15 is 0 Å². The first-order valence-corrected chi connectivity index (χ1v) is 6.49. The van der Waals surface area contributed by atoms with Crippen LogP contribution in [0.4, 0.5) is 0 Å². The van der Waals surface area contributed by atoms with Crippen molar-refractivity contribution in [3.8, 4) is 0 Å². The van der Waals surface area contributed by atoms with Crippen LogP contribution in [0, 0.1) is 0 Å². The second kappa shape index (κ2) is 4.59. The largest absolute Gasteiger partial charge is 0.344 e. The Labute approximate surface area is 112 Å². The van der Waals surface area contributed by atoms with Gasteiger partial charge in [-0.25, -0.2) is 4.98 Å². The minimum absolute atomic E-state index is 0.256. The zero-order chi connectivity index (χ0) is 13.5. The topological polar surface area (TPSA) is 48.3 Å². The van der Waals surface area contributed by atoms with Crippen molar-refractivity contribution in [2.24, 2.45) is 7.05 Å². The SMILES string of the molecule is CNC1COC(C)(c2ccc3c(c2)ncn3C)OC1. The average molecular weight is 261 g/mol. The first-order chi connectivity index (χ1) is 9.12. The molecule has 1 fully saturated rings. The first kappa shape index (κ1) is 12.6. The molecule has 5 heteroatoms. The Hall–Kier alpha value is -1.43. The number of hydrogen-bond acceptors (Lipinski definition) is 4. The van der Waals surface area contributed by atoms with Crippen LogP contribution in [-0.2, 0) is 22.3 Å². The van der Waals surface area contributed by atoms with Crippen molar-refractivity contribution in [1.29, 1.82) is 0 Å². The molecule has 0 radical (unpaired) electrons. The molecule has 1 aliphatic heterocycles. The lowest BCUT2D eigenvalue weighted by atomic mass is 10.1. The van der Waals surface area contributed by atoms with Gasteiger partial charge in [-0.2, -0.15) is 0 Å². The van der Waals surface area contributed by atoms with E-state index in [0.29, 0.717) is 13.2 Å². The number of hydrogen-bond donors (Lipinski definition) is 1. The Morgan fingerprint density at radius 3 is 2.79 bits per heavy atom. The molecule has 0 amide bonds. The van der Waals surface area contributed by atoms with E-state index in [2.05, 4.69) is 16.4 Å². The number of fused-ring (bicyclic) bond motifs is 1. The Morgan fingerprint density at radius 2 is 2.11 bits per heavy atom. The highest BCUT2D eigenvalue weighted by Crippen LogP contribution is 2.31. The molecule has 1 aliphatic rings. The molecular weight excluding hydrogens is 242 g/mol. The molecule has 1 saturated heterocycles. The van der Waals surface area contributed by atoms with Crippen molar-refractivity contribution in [2.45, 2.75) is 18.8 Å². The van der Waals surface area contributed by atoms with Gasteiger partial charge in [0.05, 0.1) is 36.6 Å². The van der Waals surface area contributed by atoms with E-state index in [1.165, 1.54) is 0 Å². The van der Waals surface area contributed by atoms with Gasteiger partial charge in [0.25, 0.3) is 0 Å². The third kappa shape index (κ3) is 2.14. The summed E-state index contributed by atoms with van der Waals surface area (Å²) in [5.41, 5.74) is 3.08. The predicted molar refractivity (Wildman–Crippen MR) is 72.8 cm³/mol. The summed E-state index contributed by atoms with van der Waals surface area (Å²) in [5, 5.41) is 3.16. The number of nitrogens with zero attached hydrogens (tertiary/aromatic N) is 2. The van der Waals surface area contributed by atoms with Gasteiger partial charge in [-0.15, -0.1) is 0 Å². The van der Waals surface area contributed by atoms with E-state index in [1.807, 2.05) is 44.0 Å². The minimum atomic E-state index is -0.681. The Balaban J connectivity index is 1.91. The van der Waals surface area contributed by atoms with E-state index < -0.39 is 5.79 Å². The fourth-order valence-corrected chi connectivity index (χ4v) is 2.36. The summed E-state index contributed by atoms with van der Waals surface area (Å²) >= 11 is 0. The molecule has 0 unspecified atom stereocenters. The van der Waals surface area contributed by atoms with E-state index in [-0.39, 0.29) is 6.04 Å². The van der Waals surface area contributed by atoms with Crippen LogP contribution in [0.25, 0.3) is 11.0 Å². The van der Waals surface area contributed by atoms with Crippen LogP contribution in [0.15, 0.2) is 24.5 Å². The molecule has 2 heterocycles. The molecule has 1 aromatic heterocycles. The van der Waals surface area contributed by atoms with Gasteiger partial charge in [-0.3, -0.25) is 0 Å². The highest BCUT2D eigenvalue weighted by Gasteiger charge is 2.34. The summed E-state index contributed by atoms with van der Waals surface area (Å²) in [6.07, 6.45) is 1.82. The monoisotopic (exact) mass is 261 g/mol. The molecule has 3 rings (SSSR count). The Bertz CT molecular complexity index is 585. The lowest BCUT2D eigenvalue weighted by molar-refractivity contribution is -0.272. The normalized spacial score (nSPS) is 27.8. The average Bonchev–Trinajstić information content (AvgIpc) is 2.81. The van der Waals surface area contributed by atoms with Gasteiger partial charge in [0, 0.05) is 12.6 Å². The molecule has 0 atom stereocenters. The van der Waals surface area contributed by atoms with E-state index in [0.717, 1.165) is 16.6 Å². The third-order valence-corrected chi connectivity index (χ3v) is 3.78. The van der Waals surface area contributed by atoms with Gasteiger partial charge in [-0.1, -0.05) is 6.07 Å². The highest BCUT2D eigenvalue weighted by atomic mass is 16.7. The number of imidazole rings is 1. The summed E-state index contributed by atoms with van der Waals surface area (Å²) in [6, 6.07) is 6.39. The molecule has 0 aliphatic carbocycles. The third-order valence-electron chi connectivity index (χ3n) is 3.78. The van der Waals surface area contributed by atoms with Crippen molar-refractivity contribution >= 4 is 11.0 Å². The zero-order valence-electron chi connectivity index (χ0n) is 11.5. The summed E-state index contributed by atoms with van der Waals surface area (Å²) < 4.78 is 13.8. The van der Waals surface area contributed by atoms with Crippen LogP contribution < -0.4 is 5.32 Å². The lowest BCUT2D eigenvalue weighted by Crippen LogP contribution is -2.47. The number of rotatable bonds is 2. The van der Waals surface area contributed by atoms with Gasteiger partial charge >= 0.3 is 0 Å². The van der Waals surface area contributed by atoms with Crippen LogP contribution in [-0.4, -0.2) is 35.9 Å². The molecule has 0 spiro atoms. The quantitative estimate of drug-likeness (QED) is 0.887. The fourth-order valence-electron chi connectivity index (χ4n) is 2.36. The van der Waals surface area contributed by atoms with Gasteiger partial charge < -0.3 is 19.4 Å². The highest BCUT2D eigenvalue weighted by molar-refractivity contribution is 5.76. The number of ether oxygens (including phenoxy) is 2. The second-order valence-electron chi connectivity index (χ2n) is 5.11. The van der Waals surface area contributed by atoms with Crippen molar-refractivity contribution in [3.05, 3.63) is 30.1 Å². The van der Waals surface area contributed by atoms with Crippen molar-refractivity contribution in [2.75, 3.05) is 20.3 Å². The van der Waals surface area contributed by atoms with Gasteiger partial charge in [0.1, 0.15) is 0 Å². The summed E-state index contributed by atoms with van der Waals surface area (Å²) in [4.78, 5) is 4.38. The number of aryl methyl sites for hydroxylation is 1. The van der Waals surface area contributed by atoms with Gasteiger partial charge in [0.15, 0.2) is 5.79 Å². The van der Waals surface area contributed by atoms with Crippen molar-refractivity contribution in [3.63, 3.8) is 0 Å². The first-order valence-electron chi connectivity index (χ1n) is 6.49. The number of nitrogens with one attached hydrogen (secondary N) is 1. The fraction of sp³-hybridized carbons (Fsp3) is 0.500. The maximum atomic E-state index is 5.89. The van der Waals surface area contributed by atoms with Crippen molar-refractivity contribution in [1.82, 2.24) is 14.9 Å². The molecule has 2 aromatic rings. The van der Waals surface area contributed by atoms with Crippen LogP contribution in [0.2, 0.25) is 0 Å². The molecule has 102 valence electrons. The van der Waals surface area contributed by atoms with E-state index in [9.17, 15) is 0 Å². The van der Waals surface area contributed by atoms with Crippen LogP contribution >= 0.6 is 0 Å². The molecule has 1 N–H and O–H groups in total. The standard InChI is InChI=1S/C14H19N3O2/c1-14(18-7-11(15-2)8-19-14)10-4-5-13-12(6-10)16-9-17(13)3/h4-6,9,11,15H,7-8H2,1-3H3. The number of aromatic nitrogens is 2. The predicted octanol–water partition coefficient (Wildman–Crippen LogP) is 1.38. The molecule has 1 aromatic carbocycles. The van der Waals surface area contributed by atoms with Gasteiger partial charge in [0.2, 0.25) is 0 Å². The van der Waals surface area contributed by atoms with Crippen LogP contribution in [0.1, 0.15) is 12.5 Å². The Morgan fingerprint density at radius 1 is 1.37 bits per heavy atom. The minimum Gasteiger partial charge on any atom is -0.344 e. The van der Waals surface area contributed by atoms with Gasteiger partial charge in [-0.05, 0) is 26.1 Å². The maximum absolute atomic E-state index is 5.89. The summed E-state index contributed by atoms with van der Waals surface area (Å²) in [7, 11) is 3.90. The molecule has 0 saturated carbocycles. The Kier molecular flexibility index (Phi) is 3.05.